The Morgan fingerprint density at radius 2 is 2.23 bits per heavy atom. The quantitative estimate of drug-likeness (QED) is 0.355. The average molecular weight is 186 g/mol. The van der Waals surface area contributed by atoms with E-state index in [4.69, 9.17) is 9.47 Å². The van der Waals surface area contributed by atoms with Gasteiger partial charge in [-0.25, -0.2) is 4.79 Å². The predicted molar refractivity (Wildman–Crippen MR) is 47.9 cm³/mol. The van der Waals surface area contributed by atoms with Crippen LogP contribution in [0.2, 0.25) is 0 Å². The lowest BCUT2D eigenvalue weighted by Crippen LogP contribution is -2.23. The van der Waals surface area contributed by atoms with Crippen LogP contribution in [0.3, 0.4) is 0 Å². The Balaban J connectivity index is 4.05. The monoisotopic (exact) mass is 186 g/mol. The number of hydrogen-bond donors (Lipinski definition) is 0. The summed E-state index contributed by atoms with van der Waals surface area (Å²) in [7, 11) is 1.27. The van der Waals surface area contributed by atoms with Crippen LogP contribution >= 0.6 is 0 Å². The highest BCUT2D eigenvalue weighted by molar-refractivity contribution is 5.76. The Bertz CT molecular complexity index is 198. The second-order valence-electron chi connectivity index (χ2n) is 2.10. The Labute approximate surface area is 77.8 Å². The summed E-state index contributed by atoms with van der Waals surface area (Å²) in [5.41, 5.74) is 0. The van der Waals surface area contributed by atoms with Gasteiger partial charge in [0.1, 0.15) is 0 Å². The van der Waals surface area contributed by atoms with Gasteiger partial charge < -0.3 is 14.2 Å². The van der Waals surface area contributed by atoms with Crippen molar-refractivity contribution in [1.82, 2.24) is 0 Å². The molecule has 0 heterocycles. The fraction of sp³-hybridized carbons (Fsp3) is 0.444. The molecular formula is C9H14O4. The summed E-state index contributed by atoms with van der Waals surface area (Å²) in [5.74, 6) is -0.450. The minimum atomic E-state index is -0.857. The van der Waals surface area contributed by atoms with Crippen LogP contribution in [0, 0.1) is 0 Å². The van der Waals surface area contributed by atoms with E-state index in [1.54, 1.807) is 6.92 Å². The molecular weight excluding hydrogens is 172 g/mol. The average Bonchev–Trinajstić information content (AvgIpc) is 2.13. The van der Waals surface area contributed by atoms with Gasteiger partial charge in [0.15, 0.2) is 0 Å². The van der Waals surface area contributed by atoms with E-state index in [-0.39, 0.29) is 5.95 Å². The predicted octanol–water partition coefficient (Wildman–Crippen LogP) is 1.24. The molecule has 0 rings (SSSR count). The zero-order chi connectivity index (χ0) is 10.3. The Morgan fingerprint density at radius 1 is 1.62 bits per heavy atom. The molecule has 1 atom stereocenters. The second kappa shape index (κ2) is 6.11. The zero-order valence-corrected chi connectivity index (χ0v) is 7.91. The first-order chi connectivity index (χ1) is 6.15. The molecule has 0 aromatic heterocycles. The topological polar surface area (TPSA) is 44.8 Å². The van der Waals surface area contributed by atoms with Gasteiger partial charge in [0.05, 0.1) is 13.7 Å². The highest BCUT2D eigenvalue weighted by Crippen LogP contribution is 2.04. The van der Waals surface area contributed by atoms with Gasteiger partial charge in [0, 0.05) is 0 Å². The maximum Gasteiger partial charge on any atom is 0.351 e. The standard InChI is InChI=1S/C9H14O4/c1-5-8(9(10)11-4)13-7(3)12-6-2/h5,8H,1,3,6H2,2,4H3. The highest BCUT2D eigenvalue weighted by atomic mass is 16.7. The van der Waals surface area contributed by atoms with Crippen molar-refractivity contribution in [3.8, 4) is 0 Å². The van der Waals surface area contributed by atoms with Crippen LogP contribution < -0.4 is 0 Å². The summed E-state index contributed by atoms with van der Waals surface area (Å²) in [4.78, 5) is 11.0. The molecule has 1 unspecified atom stereocenters. The summed E-state index contributed by atoms with van der Waals surface area (Å²) < 4.78 is 14.3. The third kappa shape index (κ3) is 4.20. The first-order valence-electron chi connectivity index (χ1n) is 3.84. The first kappa shape index (κ1) is 11.6. The van der Waals surface area contributed by atoms with Gasteiger partial charge in [-0.3, -0.25) is 0 Å². The van der Waals surface area contributed by atoms with Gasteiger partial charge in [0.25, 0.3) is 5.95 Å². The molecule has 0 radical (unpaired) electrons. The van der Waals surface area contributed by atoms with E-state index in [9.17, 15) is 4.79 Å². The molecule has 0 aliphatic rings. The van der Waals surface area contributed by atoms with E-state index >= 15 is 0 Å². The number of methoxy groups -OCH3 is 1. The Morgan fingerprint density at radius 3 is 2.62 bits per heavy atom. The van der Waals surface area contributed by atoms with E-state index in [2.05, 4.69) is 17.9 Å². The summed E-state index contributed by atoms with van der Waals surface area (Å²) in [6, 6.07) is 0. The number of ether oxygens (including phenoxy) is 3. The van der Waals surface area contributed by atoms with Gasteiger partial charge in [-0.15, -0.1) is 0 Å². The van der Waals surface area contributed by atoms with Crippen molar-refractivity contribution in [2.24, 2.45) is 0 Å². The van der Waals surface area contributed by atoms with Crippen molar-refractivity contribution >= 4 is 5.97 Å². The van der Waals surface area contributed by atoms with Gasteiger partial charge in [-0.05, 0) is 19.6 Å². The molecule has 0 fully saturated rings. The summed E-state index contributed by atoms with van der Waals surface area (Å²) in [5, 5.41) is 0. The molecule has 0 aliphatic carbocycles. The number of esters is 1. The van der Waals surface area contributed by atoms with Crippen molar-refractivity contribution in [2.45, 2.75) is 13.0 Å². The van der Waals surface area contributed by atoms with E-state index in [0.29, 0.717) is 6.61 Å². The maximum absolute atomic E-state index is 11.0. The Kier molecular flexibility index (Phi) is 5.43. The molecule has 4 heteroatoms. The summed E-state index contributed by atoms with van der Waals surface area (Å²) in [6.07, 6.45) is 0.458. The second-order valence-corrected chi connectivity index (χ2v) is 2.10. The maximum atomic E-state index is 11.0. The van der Waals surface area contributed by atoms with Crippen LogP contribution in [0.25, 0.3) is 0 Å². The fourth-order valence-corrected chi connectivity index (χ4v) is 0.645. The Hall–Kier alpha value is -1.45. The lowest BCUT2D eigenvalue weighted by Gasteiger charge is -2.14. The highest BCUT2D eigenvalue weighted by Gasteiger charge is 2.17. The van der Waals surface area contributed by atoms with Gasteiger partial charge in [-0.1, -0.05) is 6.58 Å². The van der Waals surface area contributed by atoms with Crippen LogP contribution in [0.1, 0.15) is 6.92 Å². The third-order valence-electron chi connectivity index (χ3n) is 1.21. The minimum Gasteiger partial charge on any atom is -0.466 e. The molecule has 4 nitrogen and oxygen atoms in total. The molecule has 0 saturated heterocycles. The normalized spacial score (nSPS) is 11.2. The molecule has 0 bridgehead atoms. The van der Waals surface area contributed by atoms with Crippen molar-refractivity contribution in [1.29, 1.82) is 0 Å². The van der Waals surface area contributed by atoms with Crippen LogP contribution in [-0.4, -0.2) is 25.8 Å². The van der Waals surface area contributed by atoms with Gasteiger partial charge in [-0.2, -0.15) is 0 Å². The number of hydrogen-bond acceptors (Lipinski definition) is 4. The van der Waals surface area contributed by atoms with Gasteiger partial charge >= 0.3 is 5.97 Å². The summed E-state index contributed by atoms with van der Waals surface area (Å²) >= 11 is 0. The fourth-order valence-electron chi connectivity index (χ4n) is 0.645. The van der Waals surface area contributed by atoms with E-state index in [1.165, 1.54) is 13.2 Å². The van der Waals surface area contributed by atoms with Crippen molar-refractivity contribution < 1.29 is 19.0 Å². The van der Waals surface area contributed by atoms with Crippen LogP contribution in [0.5, 0.6) is 0 Å². The van der Waals surface area contributed by atoms with E-state index in [1.807, 2.05) is 0 Å². The molecule has 0 aromatic carbocycles. The lowest BCUT2D eigenvalue weighted by atomic mass is 10.3. The summed E-state index contributed by atoms with van der Waals surface area (Å²) in [6.45, 7) is 9.09. The molecule has 0 aliphatic heterocycles. The van der Waals surface area contributed by atoms with E-state index < -0.39 is 12.1 Å². The first-order valence-corrected chi connectivity index (χ1v) is 3.84. The molecule has 13 heavy (non-hydrogen) atoms. The molecule has 0 N–H and O–H groups in total. The minimum absolute atomic E-state index is 0.0813. The van der Waals surface area contributed by atoms with Crippen LogP contribution in [-0.2, 0) is 19.0 Å². The molecule has 74 valence electrons. The molecule has 0 amide bonds. The molecule has 0 spiro atoms. The lowest BCUT2D eigenvalue weighted by molar-refractivity contribution is -0.151. The van der Waals surface area contributed by atoms with Crippen LogP contribution in [0.4, 0.5) is 0 Å². The smallest absolute Gasteiger partial charge is 0.351 e. The van der Waals surface area contributed by atoms with Crippen molar-refractivity contribution in [3.63, 3.8) is 0 Å². The third-order valence-corrected chi connectivity index (χ3v) is 1.21. The number of carbonyl (C=O) groups is 1. The molecule has 0 saturated carbocycles. The number of rotatable bonds is 6. The van der Waals surface area contributed by atoms with Gasteiger partial charge in [0.2, 0.25) is 6.10 Å². The van der Waals surface area contributed by atoms with Crippen molar-refractivity contribution in [3.05, 3.63) is 25.2 Å². The van der Waals surface area contributed by atoms with Crippen molar-refractivity contribution in [2.75, 3.05) is 13.7 Å². The zero-order valence-electron chi connectivity index (χ0n) is 7.91. The molecule has 0 aromatic rings. The SMILES string of the molecule is C=CC(OC(=C)OCC)C(=O)OC. The van der Waals surface area contributed by atoms with Crippen LogP contribution in [0.15, 0.2) is 25.2 Å². The number of carbonyl (C=O) groups excluding carboxylic acids is 1. The van der Waals surface area contributed by atoms with E-state index in [0.717, 1.165) is 0 Å². The largest absolute Gasteiger partial charge is 0.466 e.